The summed E-state index contributed by atoms with van der Waals surface area (Å²) in [5, 5.41) is 4.58. The second-order valence-corrected chi connectivity index (χ2v) is 8.14. The molecule has 1 fully saturated rings. The number of fused-ring (bicyclic) bond motifs is 2. The fraction of sp³-hybridized carbons (Fsp3) is 0.381. The van der Waals surface area contributed by atoms with Gasteiger partial charge >= 0.3 is 6.18 Å². The predicted octanol–water partition coefficient (Wildman–Crippen LogP) is 3.49. The lowest BCUT2D eigenvalue weighted by Gasteiger charge is -2.23. The summed E-state index contributed by atoms with van der Waals surface area (Å²) in [6.45, 7) is 3.48. The predicted molar refractivity (Wildman–Crippen MR) is 105 cm³/mol. The average molecular weight is 414 g/mol. The molecule has 3 aromatic heterocycles. The van der Waals surface area contributed by atoms with E-state index in [0.717, 1.165) is 50.8 Å². The average Bonchev–Trinajstić information content (AvgIpc) is 3.39. The van der Waals surface area contributed by atoms with Crippen molar-refractivity contribution in [3.05, 3.63) is 59.7 Å². The van der Waals surface area contributed by atoms with Gasteiger partial charge in [0.1, 0.15) is 5.82 Å². The highest BCUT2D eigenvalue weighted by Gasteiger charge is 2.45. The number of alkyl halides is 3. The summed E-state index contributed by atoms with van der Waals surface area (Å²) < 4.78 is 41.6. The number of rotatable bonds is 3. The van der Waals surface area contributed by atoms with Gasteiger partial charge in [-0.3, -0.25) is 14.6 Å². The molecule has 6 nitrogen and oxygen atoms in total. The molecule has 0 aromatic carbocycles. The van der Waals surface area contributed by atoms with E-state index in [2.05, 4.69) is 26.0 Å². The Balaban J connectivity index is 1.41. The zero-order valence-corrected chi connectivity index (χ0v) is 16.2. The third-order valence-corrected chi connectivity index (χ3v) is 6.21. The molecule has 0 saturated carbocycles. The highest BCUT2D eigenvalue weighted by atomic mass is 19.4. The van der Waals surface area contributed by atoms with Gasteiger partial charge in [0.2, 0.25) is 0 Å². The van der Waals surface area contributed by atoms with Gasteiger partial charge in [0.15, 0.2) is 0 Å². The van der Waals surface area contributed by atoms with Crippen LogP contribution in [0.3, 0.4) is 0 Å². The van der Waals surface area contributed by atoms with Crippen molar-refractivity contribution in [1.29, 1.82) is 0 Å². The maximum atomic E-state index is 13.2. The van der Waals surface area contributed by atoms with E-state index < -0.39 is 17.6 Å². The van der Waals surface area contributed by atoms with Gasteiger partial charge < -0.3 is 5.73 Å². The van der Waals surface area contributed by atoms with E-state index in [1.807, 2.05) is 23.0 Å². The molecule has 5 rings (SSSR count). The summed E-state index contributed by atoms with van der Waals surface area (Å²) in [4.78, 5) is 10.3. The molecule has 5 heterocycles. The van der Waals surface area contributed by atoms with Gasteiger partial charge in [0.25, 0.3) is 0 Å². The molecule has 30 heavy (non-hydrogen) atoms. The number of nitrogen functional groups attached to an aromatic ring is 1. The van der Waals surface area contributed by atoms with E-state index >= 15 is 0 Å². The summed E-state index contributed by atoms with van der Waals surface area (Å²) in [7, 11) is 0. The van der Waals surface area contributed by atoms with Crippen molar-refractivity contribution in [3.8, 4) is 11.3 Å². The van der Waals surface area contributed by atoms with Crippen LogP contribution in [-0.2, 0) is 24.7 Å². The zero-order chi connectivity index (χ0) is 20.9. The zero-order valence-electron chi connectivity index (χ0n) is 16.2. The quantitative estimate of drug-likeness (QED) is 0.710. The van der Waals surface area contributed by atoms with Gasteiger partial charge in [0.05, 0.1) is 11.3 Å². The first-order valence-corrected chi connectivity index (χ1v) is 9.87. The molecule has 0 radical (unpaired) electrons. The van der Waals surface area contributed by atoms with Gasteiger partial charge in [-0.05, 0) is 43.1 Å². The Morgan fingerprint density at radius 1 is 1.13 bits per heavy atom. The summed E-state index contributed by atoms with van der Waals surface area (Å²) in [6.07, 6.45) is 2.46. The number of aromatic nitrogens is 4. The molecule has 0 unspecified atom stereocenters. The van der Waals surface area contributed by atoms with Crippen molar-refractivity contribution in [1.82, 2.24) is 24.6 Å². The second-order valence-electron chi connectivity index (χ2n) is 8.14. The first kappa shape index (κ1) is 19.0. The molecule has 9 heteroatoms. The Morgan fingerprint density at radius 3 is 2.73 bits per heavy atom. The third-order valence-electron chi connectivity index (χ3n) is 6.21. The minimum Gasteiger partial charge on any atom is -0.383 e. The van der Waals surface area contributed by atoms with Crippen molar-refractivity contribution in [2.75, 3.05) is 18.8 Å². The first-order valence-electron chi connectivity index (χ1n) is 9.87. The largest absolute Gasteiger partial charge is 0.419 e. The van der Waals surface area contributed by atoms with Crippen LogP contribution in [0.5, 0.6) is 0 Å². The minimum atomic E-state index is -4.55. The first-order chi connectivity index (χ1) is 14.3. The van der Waals surface area contributed by atoms with Crippen LogP contribution in [0.2, 0.25) is 0 Å². The Morgan fingerprint density at radius 2 is 1.97 bits per heavy atom. The van der Waals surface area contributed by atoms with E-state index in [9.17, 15) is 13.2 Å². The van der Waals surface area contributed by atoms with Crippen molar-refractivity contribution in [2.24, 2.45) is 0 Å². The Hall–Kier alpha value is -2.94. The maximum Gasteiger partial charge on any atom is 0.419 e. The lowest BCUT2D eigenvalue weighted by atomic mass is 9.82. The topological polar surface area (TPSA) is 72.9 Å². The van der Waals surface area contributed by atoms with Crippen LogP contribution in [-0.4, -0.2) is 37.7 Å². The highest BCUT2D eigenvalue weighted by molar-refractivity contribution is 5.63. The lowest BCUT2D eigenvalue weighted by molar-refractivity contribution is -0.137. The van der Waals surface area contributed by atoms with Gasteiger partial charge in [-0.15, -0.1) is 0 Å². The van der Waals surface area contributed by atoms with Gasteiger partial charge in [-0.1, -0.05) is 6.07 Å². The smallest absolute Gasteiger partial charge is 0.383 e. The third kappa shape index (κ3) is 3.23. The van der Waals surface area contributed by atoms with E-state index in [0.29, 0.717) is 11.3 Å². The molecule has 1 atom stereocenters. The highest BCUT2D eigenvalue weighted by Crippen LogP contribution is 2.44. The summed E-state index contributed by atoms with van der Waals surface area (Å²) >= 11 is 0. The molecule has 2 aliphatic rings. The fourth-order valence-corrected chi connectivity index (χ4v) is 4.70. The van der Waals surface area contributed by atoms with Crippen LogP contribution in [0.15, 0.2) is 42.9 Å². The normalized spacial score (nSPS) is 21.4. The number of likely N-dealkylation sites (tertiary alicyclic amines) is 1. The van der Waals surface area contributed by atoms with Gasteiger partial charge in [0, 0.05) is 54.9 Å². The Kier molecular flexibility index (Phi) is 4.32. The summed E-state index contributed by atoms with van der Waals surface area (Å²) in [5.41, 5.74) is 7.60. The summed E-state index contributed by atoms with van der Waals surface area (Å²) in [6, 6.07) is 6.97. The van der Waals surface area contributed by atoms with E-state index in [4.69, 9.17) is 5.73 Å². The van der Waals surface area contributed by atoms with Crippen molar-refractivity contribution in [3.63, 3.8) is 0 Å². The summed E-state index contributed by atoms with van der Waals surface area (Å²) in [5.74, 6) is -0.517. The molecular formula is C21H21F3N6. The molecule has 156 valence electrons. The molecule has 1 saturated heterocycles. The molecule has 1 spiro atoms. The van der Waals surface area contributed by atoms with E-state index in [-0.39, 0.29) is 5.41 Å². The number of aryl methyl sites for hydroxylation is 1. The number of nitrogens with zero attached hydrogens (tertiary/aromatic N) is 5. The molecule has 2 aliphatic heterocycles. The van der Waals surface area contributed by atoms with E-state index in [1.54, 1.807) is 6.20 Å². The Bertz CT molecular complexity index is 1080. The van der Waals surface area contributed by atoms with Crippen molar-refractivity contribution < 1.29 is 13.2 Å². The van der Waals surface area contributed by atoms with Gasteiger partial charge in [-0.2, -0.15) is 18.3 Å². The Labute approximate surface area is 171 Å². The molecule has 3 aromatic rings. The van der Waals surface area contributed by atoms with Crippen LogP contribution >= 0.6 is 0 Å². The van der Waals surface area contributed by atoms with Crippen LogP contribution < -0.4 is 5.73 Å². The van der Waals surface area contributed by atoms with Gasteiger partial charge in [-0.25, -0.2) is 4.98 Å². The monoisotopic (exact) mass is 414 g/mol. The SMILES string of the molecule is Nc1ncc(-c2cc3n(n2)CC[C@]32CCN(Cc3cccnc3)C2)cc1C(F)(F)F. The molecular weight excluding hydrogens is 393 g/mol. The lowest BCUT2D eigenvalue weighted by Crippen LogP contribution is -2.28. The molecule has 0 aliphatic carbocycles. The number of nitrogens with two attached hydrogens (primary N) is 1. The number of pyridine rings is 2. The molecule has 2 N–H and O–H groups in total. The number of anilines is 1. The number of hydrogen-bond acceptors (Lipinski definition) is 5. The number of halogens is 3. The van der Waals surface area contributed by atoms with Crippen LogP contribution in [0.25, 0.3) is 11.3 Å². The number of hydrogen-bond donors (Lipinski definition) is 1. The standard InChI is InChI=1S/C21H21F3N6/c22-21(23,24)16-8-15(11-27-19(16)25)17-9-18-20(4-7-30(18)28-17)3-6-29(13-20)12-14-2-1-5-26-10-14/h1-2,5,8-11H,3-4,6-7,12-13H2,(H2,25,27)/t20-/m0/s1. The second kappa shape index (κ2) is 6.80. The molecule has 0 bridgehead atoms. The van der Waals surface area contributed by atoms with Crippen LogP contribution in [0, 0.1) is 0 Å². The van der Waals surface area contributed by atoms with Crippen LogP contribution in [0.1, 0.15) is 29.7 Å². The fourth-order valence-electron chi connectivity index (χ4n) is 4.70. The molecule has 0 amide bonds. The van der Waals surface area contributed by atoms with Crippen molar-refractivity contribution in [2.45, 2.75) is 37.5 Å². The maximum absolute atomic E-state index is 13.2. The van der Waals surface area contributed by atoms with Crippen molar-refractivity contribution >= 4 is 5.82 Å². The van der Waals surface area contributed by atoms with Crippen LogP contribution in [0.4, 0.5) is 19.0 Å². The minimum absolute atomic E-state index is 0.0123. The van der Waals surface area contributed by atoms with E-state index in [1.165, 1.54) is 11.8 Å².